The Hall–Kier alpha value is -1.42. The van der Waals surface area contributed by atoms with Crippen molar-refractivity contribution in [3.63, 3.8) is 0 Å². The van der Waals surface area contributed by atoms with E-state index in [1.165, 1.54) is 11.3 Å². The number of fused-ring (bicyclic) bond motifs is 2. The summed E-state index contributed by atoms with van der Waals surface area (Å²) >= 11 is 1.45. The normalized spacial score (nSPS) is 21.9. The summed E-state index contributed by atoms with van der Waals surface area (Å²) in [4.78, 5) is 24.5. The zero-order valence-electron chi connectivity index (χ0n) is 8.99. The largest absolute Gasteiger partial charge is 0.486 e. The van der Waals surface area contributed by atoms with Gasteiger partial charge < -0.3 is 4.74 Å². The number of rotatable bonds is 0. The quantitative estimate of drug-likeness (QED) is 0.647. The summed E-state index contributed by atoms with van der Waals surface area (Å²) in [6.07, 6.45) is 0.518. The van der Waals surface area contributed by atoms with Crippen LogP contribution in [0.3, 0.4) is 0 Å². The SMILES string of the molecule is CC1(C)CC2=C(O1)c1sccc1C(=O)C2=O. The molecule has 2 aliphatic rings. The van der Waals surface area contributed by atoms with Gasteiger partial charge in [0.1, 0.15) is 11.4 Å². The first-order chi connectivity index (χ1) is 7.49. The van der Waals surface area contributed by atoms with Crippen LogP contribution in [0.5, 0.6) is 0 Å². The van der Waals surface area contributed by atoms with Crippen molar-refractivity contribution in [2.45, 2.75) is 25.9 Å². The fourth-order valence-electron chi connectivity index (χ4n) is 2.17. The number of ketones is 2. The highest BCUT2D eigenvalue weighted by Crippen LogP contribution is 2.45. The number of Topliss-reactive ketones (excluding diaryl/α,β-unsaturated/α-hetero) is 2. The summed E-state index contributed by atoms with van der Waals surface area (Å²) in [5.41, 5.74) is 0.656. The molecule has 0 fully saturated rings. The number of thiophene rings is 1. The minimum absolute atomic E-state index is 0.383. The van der Waals surface area contributed by atoms with E-state index in [4.69, 9.17) is 4.74 Å². The van der Waals surface area contributed by atoms with E-state index in [-0.39, 0.29) is 5.60 Å². The first kappa shape index (κ1) is 9.78. The van der Waals surface area contributed by atoms with E-state index < -0.39 is 11.6 Å². The molecule has 3 rings (SSSR count). The van der Waals surface area contributed by atoms with Gasteiger partial charge in [0.25, 0.3) is 0 Å². The Labute approximate surface area is 96.7 Å². The smallest absolute Gasteiger partial charge is 0.234 e. The Kier molecular flexibility index (Phi) is 1.73. The van der Waals surface area contributed by atoms with Gasteiger partial charge in [0.15, 0.2) is 0 Å². The average molecular weight is 234 g/mol. The van der Waals surface area contributed by atoms with E-state index in [9.17, 15) is 9.59 Å². The van der Waals surface area contributed by atoms with Crippen molar-refractivity contribution in [3.05, 3.63) is 27.5 Å². The second-order valence-electron chi connectivity index (χ2n) is 4.67. The molecule has 1 aromatic heterocycles. The lowest BCUT2D eigenvalue weighted by Crippen LogP contribution is -2.21. The van der Waals surface area contributed by atoms with Gasteiger partial charge in [-0.3, -0.25) is 9.59 Å². The van der Waals surface area contributed by atoms with Crippen LogP contribution >= 0.6 is 11.3 Å². The molecule has 0 atom stereocenters. The summed E-state index contributed by atoms with van der Waals surface area (Å²) in [6.45, 7) is 3.85. The number of ether oxygens (including phenoxy) is 1. The maximum atomic E-state index is 11.9. The summed E-state index contributed by atoms with van der Waals surface area (Å²) in [5, 5.41) is 1.82. The van der Waals surface area contributed by atoms with Crippen molar-refractivity contribution in [1.82, 2.24) is 0 Å². The first-order valence-corrected chi connectivity index (χ1v) is 5.97. The van der Waals surface area contributed by atoms with E-state index in [2.05, 4.69) is 0 Å². The minimum Gasteiger partial charge on any atom is -0.486 e. The highest BCUT2D eigenvalue weighted by molar-refractivity contribution is 7.11. The van der Waals surface area contributed by atoms with Crippen molar-refractivity contribution < 1.29 is 14.3 Å². The van der Waals surface area contributed by atoms with Gasteiger partial charge in [-0.2, -0.15) is 0 Å². The van der Waals surface area contributed by atoms with Gasteiger partial charge in [0.05, 0.1) is 10.5 Å². The number of carbonyl (C=O) groups excluding carboxylic acids is 2. The fraction of sp³-hybridized carbons (Fsp3) is 0.333. The van der Waals surface area contributed by atoms with Crippen molar-refractivity contribution in [1.29, 1.82) is 0 Å². The van der Waals surface area contributed by atoms with Crippen LogP contribution in [0.15, 0.2) is 17.0 Å². The van der Waals surface area contributed by atoms with Crippen molar-refractivity contribution in [2.75, 3.05) is 0 Å². The highest BCUT2D eigenvalue weighted by Gasteiger charge is 2.43. The Bertz CT molecular complexity index is 548. The molecule has 0 spiro atoms. The van der Waals surface area contributed by atoms with Gasteiger partial charge in [0.2, 0.25) is 11.6 Å². The van der Waals surface area contributed by atoms with Crippen LogP contribution in [0.25, 0.3) is 5.76 Å². The predicted octanol–water partition coefficient (Wildman–Crippen LogP) is 2.42. The minimum atomic E-state index is -0.397. The van der Waals surface area contributed by atoms with Gasteiger partial charge in [-0.15, -0.1) is 11.3 Å². The first-order valence-electron chi connectivity index (χ1n) is 5.09. The maximum Gasteiger partial charge on any atom is 0.234 e. The molecule has 0 radical (unpaired) electrons. The van der Waals surface area contributed by atoms with E-state index in [1.54, 1.807) is 6.07 Å². The standard InChI is InChI=1S/C12H10O3S/c1-12(2)5-7-9(14)8(13)6-3-4-16-11(6)10(7)15-12/h3-4H,5H2,1-2H3. The molecule has 3 nitrogen and oxygen atoms in total. The summed E-state index contributed by atoms with van der Waals surface area (Å²) in [6, 6.07) is 1.69. The molecule has 16 heavy (non-hydrogen) atoms. The maximum absolute atomic E-state index is 11.9. The third-order valence-electron chi connectivity index (χ3n) is 2.85. The van der Waals surface area contributed by atoms with Crippen molar-refractivity contribution in [2.24, 2.45) is 0 Å². The molecule has 4 heteroatoms. The molecule has 0 amide bonds. The van der Waals surface area contributed by atoms with E-state index in [1.807, 2.05) is 19.2 Å². The molecule has 0 unspecified atom stereocenters. The topological polar surface area (TPSA) is 43.4 Å². The third-order valence-corrected chi connectivity index (χ3v) is 3.76. The van der Waals surface area contributed by atoms with E-state index >= 15 is 0 Å². The molecule has 0 N–H and O–H groups in total. The zero-order chi connectivity index (χ0) is 11.5. The van der Waals surface area contributed by atoms with Crippen LogP contribution in [0.4, 0.5) is 0 Å². The Morgan fingerprint density at radius 3 is 2.81 bits per heavy atom. The molecule has 0 bridgehead atoms. The van der Waals surface area contributed by atoms with Crippen LogP contribution in [-0.2, 0) is 9.53 Å². The summed E-state index contributed by atoms with van der Waals surface area (Å²) in [5.74, 6) is -0.164. The lowest BCUT2D eigenvalue weighted by molar-refractivity contribution is -0.112. The van der Waals surface area contributed by atoms with Crippen molar-refractivity contribution in [3.8, 4) is 0 Å². The summed E-state index contributed by atoms with van der Waals surface area (Å²) < 4.78 is 5.77. The van der Waals surface area contributed by atoms with Crippen LogP contribution in [-0.4, -0.2) is 17.2 Å². The van der Waals surface area contributed by atoms with Gasteiger partial charge in [0, 0.05) is 12.0 Å². The molecule has 1 aromatic rings. The lowest BCUT2D eigenvalue weighted by Gasteiger charge is -2.19. The monoisotopic (exact) mass is 234 g/mol. The fourth-order valence-corrected chi connectivity index (χ4v) is 3.07. The second kappa shape index (κ2) is 2.83. The van der Waals surface area contributed by atoms with Gasteiger partial charge in [-0.1, -0.05) is 0 Å². The molecule has 82 valence electrons. The van der Waals surface area contributed by atoms with Crippen LogP contribution in [0, 0.1) is 0 Å². The molecule has 0 saturated carbocycles. The number of hydrogen-bond donors (Lipinski definition) is 0. The second-order valence-corrected chi connectivity index (χ2v) is 5.58. The van der Waals surface area contributed by atoms with E-state index in [0.717, 1.165) is 4.88 Å². The Balaban J connectivity index is 2.22. The van der Waals surface area contributed by atoms with Crippen molar-refractivity contribution >= 4 is 28.7 Å². The molecular weight excluding hydrogens is 224 g/mol. The molecule has 0 aromatic carbocycles. The lowest BCUT2D eigenvalue weighted by atomic mass is 9.90. The van der Waals surface area contributed by atoms with Crippen LogP contribution < -0.4 is 0 Å². The molecule has 2 heterocycles. The predicted molar refractivity (Wildman–Crippen MR) is 60.4 cm³/mol. The van der Waals surface area contributed by atoms with Gasteiger partial charge in [-0.05, 0) is 25.3 Å². The third kappa shape index (κ3) is 1.13. The average Bonchev–Trinajstić information content (AvgIpc) is 2.77. The summed E-state index contributed by atoms with van der Waals surface area (Å²) in [7, 11) is 0. The number of hydrogen-bond acceptors (Lipinski definition) is 4. The molecule has 1 aliphatic heterocycles. The van der Waals surface area contributed by atoms with Crippen LogP contribution in [0.1, 0.15) is 35.5 Å². The van der Waals surface area contributed by atoms with E-state index in [0.29, 0.717) is 23.3 Å². The highest BCUT2D eigenvalue weighted by atomic mass is 32.1. The zero-order valence-corrected chi connectivity index (χ0v) is 9.81. The Morgan fingerprint density at radius 2 is 2.06 bits per heavy atom. The van der Waals surface area contributed by atoms with Crippen LogP contribution in [0.2, 0.25) is 0 Å². The molecule has 0 saturated heterocycles. The Morgan fingerprint density at radius 1 is 1.31 bits per heavy atom. The molecular formula is C12H10O3S. The van der Waals surface area contributed by atoms with Gasteiger partial charge in [-0.25, -0.2) is 0 Å². The van der Waals surface area contributed by atoms with Gasteiger partial charge >= 0.3 is 0 Å². The number of carbonyl (C=O) groups is 2. The molecule has 1 aliphatic carbocycles.